The number of hydrogen-bond acceptors (Lipinski definition) is 2. The standard InChI is InChI=1S/C19H17BrN2OS/c1-11-3-5-13(6-4-11)17-16(12(2)23)18(22-19(24)21-17)14-7-9-15(20)10-8-14/h3-10,18H,1-2H3,(H2,21,22,24)/t18-/m1/s1. The lowest BCUT2D eigenvalue weighted by atomic mass is 9.90. The van der Waals surface area contributed by atoms with Crippen LogP contribution in [0.3, 0.4) is 0 Å². The molecule has 0 amide bonds. The van der Waals surface area contributed by atoms with Crippen LogP contribution in [-0.4, -0.2) is 10.9 Å². The second-order valence-corrected chi connectivity index (χ2v) is 7.12. The molecular weight excluding hydrogens is 384 g/mol. The Labute approximate surface area is 155 Å². The number of hydrogen-bond donors (Lipinski definition) is 2. The molecule has 0 aromatic heterocycles. The van der Waals surface area contributed by atoms with Crippen LogP contribution in [0.5, 0.6) is 0 Å². The zero-order chi connectivity index (χ0) is 17.3. The Bertz CT molecular complexity index is 825. The molecule has 0 unspecified atom stereocenters. The van der Waals surface area contributed by atoms with Gasteiger partial charge in [-0.2, -0.15) is 0 Å². The Balaban J connectivity index is 2.15. The number of nitrogens with one attached hydrogen (secondary N) is 2. The van der Waals surface area contributed by atoms with E-state index in [0.29, 0.717) is 10.7 Å². The Hall–Kier alpha value is -1.98. The number of rotatable bonds is 3. The largest absolute Gasteiger partial charge is 0.351 e. The molecule has 0 radical (unpaired) electrons. The van der Waals surface area contributed by atoms with Crippen molar-refractivity contribution >= 4 is 44.7 Å². The van der Waals surface area contributed by atoms with Gasteiger partial charge in [-0.1, -0.05) is 57.9 Å². The van der Waals surface area contributed by atoms with Crippen molar-refractivity contribution in [2.75, 3.05) is 0 Å². The summed E-state index contributed by atoms with van der Waals surface area (Å²) in [7, 11) is 0. The molecule has 0 bridgehead atoms. The van der Waals surface area contributed by atoms with E-state index in [1.165, 1.54) is 5.56 Å². The van der Waals surface area contributed by atoms with Gasteiger partial charge < -0.3 is 10.6 Å². The summed E-state index contributed by atoms with van der Waals surface area (Å²) in [5.74, 6) is 0.0148. The Morgan fingerprint density at radius 2 is 1.71 bits per heavy atom. The van der Waals surface area contributed by atoms with E-state index in [1.54, 1.807) is 6.92 Å². The van der Waals surface area contributed by atoms with Gasteiger partial charge in [0, 0.05) is 10.0 Å². The number of thiocarbonyl (C=S) groups is 1. The van der Waals surface area contributed by atoms with Gasteiger partial charge in [-0.15, -0.1) is 0 Å². The number of aryl methyl sites for hydroxylation is 1. The summed E-state index contributed by atoms with van der Waals surface area (Å²) in [4.78, 5) is 12.4. The van der Waals surface area contributed by atoms with Gasteiger partial charge in [0.05, 0.1) is 11.7 Å². The van der Waals surface area contributed by atoms with E-state index in [-0.39, 0.29) is 11.8 Å². The third kappa shape index (κ3) is 3.42. The van der Waals surface area contributed by atoms with Crippen LogP contribution in [0.1, 0.15) is 29.7 Å². The fraction of sp³-hybridized carbons (Fsp3) is 0.158. The van der Waals surface area contributed by atoms with E-state index in [9.17, 15) is 4.79 Å². The SMILES string of the molecule is CC(=O)C1=C(c2ccc(C)cc2)NC(=S)N[C@@H]1c1ccc(Br)cc1. The molecule has 5 heteroatoms. The molecule has 24 heavy (non-hydrogen) atoms. The molecule has 0 saturated heterocycles. The average Bonchev–Trinajstić information content (AvgIpc) is 2.55. The van der Waals surface area contributed by atoms with Crippen LogP contribution in [0, 0.1) is 6.92 Å². The molecule has 1 aliphatic rings. The minimum absolute atomic E-state index is 0.0148. The first-order chi connectivity index (χ1) is 11.5. The van der Waals surface area contributed by atoms with E-state index in [1.807, 2.05) is 55.5 Å². The number of ketones is 1. The highest BCUT2D eigenvalue weighted by molar-refractivity contribution is 9.10. The summed E-state index contributed by atoms with van der Waals surface area (Å²) in [6.45, 7) is 3.63. The summed E-state index contributed by atoms with van der Waals surface area (Å²) in [5.41, 5.74) is 4.59. The Kier molecular flexibility index (Phi) is 4.83. The summed E-state index contributed by atoms with van der Waals surface area (Å²) in [6.07, 6.45) is 0. The average molecular weight is 401 g/mol. The molecule has 2 aromatic rings. The van der Waals surface area contributed by atoms with E-state index < -0.39 is 0 Å². The lowest BCUT2D eigenvalue weighted by Gasteiger charge is -2.31. The summed E-state index contributed by atoms with van der Waals surface area (Å²) >= 11 is 8.82. The first-order valence-corrected chi connectivity index (χ1v) is 8.81. The lowest BCUT2D eigenvalue weighted by Crippen LogP contribution is -2.44. The maximum Gasteiger partial charge on any atom is 0.171 e. The van der Waals surface area contributed by atoms with E-state index in [0.717, 1.165) is 21.3 Å². The molecule has 0 fully saturated rings. The maximum absolute atomic E-state index is 12.4. The van der Waals surface area contributed by atoms with Gasteiger partial charge in [-0.25, -0.2) is 0 Å². The van der Waals surface area contributed by atoms with Gasteiger partial charge in [0.25, 0.3) is 0 Å². The maximum atomic E-state index is 12.4. The van der Waals surface area contributed by atoms with Crippen molar-refractivity contribution in [2.45, 2.75) is 19.9 Å². The molecule has 122 valence electrons. The first-order valence-electron chi connectivity index (χ1n) is 7.61. The second-order valence-electron chi connectivity index (χ2n) is 5.79. The van der Waals surface area contributed by atoms with Crippen molar-refractivity contribution in [3.8, 4) is 0 Å². The van der Waals surface area contributed by atoms with Crippen LogP contribution in [0.25, 0.3) is 5.70 Å². The molecule has 0 aliphatic carbocycles. The topological polar surface area (TPSA) is 41.1 Å². The third-order valence-corrected chi connectivity index (χ3v) is 4.74. The molecule has 1 heterocycles. The monoisotopic (exact) mass is 400 g/mol. The van der Waals surface area contributed by atoms with Crippen molar-refractivity contribution in [3.63, 3.8) is 0 Å². The van der Waals surface area contributed by atoms with Crippen molar-refractivity contribution in [2.24, 2.45) is 0 Å². The van der Waals surface area contributed by atoms with Gasteiger partial charge in [-0.3, -0.25) is 4.79 Å². The summed E-state index contributed by atoms with van der Waals surface area (Å²) in [6, 6.07) is 15.7. The van der Waals surface area contributed by atoms with E-state index in [2.05, 4.69) is 26.6 Å². The normalized spacial score (nSPS) is 17.3. The van der Waals surface area contributed by atoms with Gasteiger partial charge in [0.1, 0.15) is 0 Å². The molecule has 1 aliphatic heterocycles. The molecule has 3 rings (SSSR count). The van der Waals surface area contributed by atoms with E-state index >= 15 is 0 Å². The Morgan fingerprint density at radius 1 is 1.08 bits per heavy atom. The molecular formula is C19H17BrN2OS. The number of Topliss-reactive ketones (excluding diaryl/α,β-unsaturated/α-hetero) is 1. The quantitative estimate of drug-likeness (QED) is 0.754. The van der Waals surface area contributed by atoms with Crippen molar-refractivity contribution < 1.29 is 4.79 Å². The summed E-state index contributed by atoms with van der Waals surface area (Å²) in [5, 5.41) is 6.90. The summed E-state index contributed by atoms with van der Waals surface area (Å²) < 4.78 is 0.995. The van der Waals surface area contributed by atoms with Crippen LogP contribution >= 0.6 is 28.1 Å². The highest BCUT2D eigenvalue weighted by atomic mass is 79.9. The highest BCUT2D eigenvalue weighted by Gasteiger charge is 2.30. The van der Waals surface area contributed by atoms with Crippen molar-refractivity contribution in [3.05, 3.63) is 75.3 Å². The number of halogens is 1. The highest BCUT2D eigenvalue weighted by Crippen LogP contribution is 2.32. The fourth-order valence-corrected chi connectivity index (χ4v) is 3.28. The molecule has 1 atom stereocenters. The predicted molar refractivity (Wildman–Crippen MR) is 105 cm³/mol. The minimum Gasteiger partial charge on any atom is -0.351 e. The number of carbonyl (C=O) groups excluding carboxylic acids is 1. The van der Waals surface area contributed by atoms with E-state index in [4.69, 9.17) is 12.2 Å². The predicted octanol–water partition coefficient (Wildman–Crippen LogP) is 4.28. The molecule has 3 nitrogen and oxygen atoms in total. The molecule has 2 N–H and O–H groups in total. The zero-order valence-corrected chi connectivity index (χ0v) is 15.8. The minimum atomic E-state index is -0.263. The van der Waals surface area contributed by atoms with Crippen LogP contribution < -0.4 is 10.6 Å². The number of carbonyl (C=O) groups is 1. The third-order valence-electron chi connectivity index (χ3n) is 3.99. The first kappa shape index (κ1) is 16.9. The smallest absolute Gasteiger partial charge is 0.171 e. The fourth-order valence-electron chi connectivity index (χ4n) is 2.80. The van der Waals surface area contributed by atoms with Crippen LogP contribution in [-0.2, 0) is 4.79 Å². The number of benzene rings is 2. The van der Waals surface area contributed by atoms with Gasteiger partial charge in [0.2, 0.25) is 0 Å². The lowest BCUT2D eigenvalue weighted by molar-refractivity contribution is -0.113. The molecule has 2 aromatic carbocycles. The van der Waals surface area contributed by atoms with Gasteiger partial charge >= 0.3 is 0 Å². The van der Waals surface area contributed by atoms with Gasteiger partial charge in [-0.05, 0) is 49.3 Å². The van der Waals surface area contributed by atoms with Crippen LogP contribution in [0.15, 0.2) is 58.6 Å². The molecule has 0 saturated carbocycles. The van der Waals surface area contributed by atoms with Crippen molar-refractivity contribution in [1.82, 2.24) is 10.6 Å². The zero-order valence-electron chi connectivity index (χ0n) is 13.4. The van der Waals surface area contributed by atoms with Crippen molar-refractivity contribution in [1.29, 1.82) is 0 Å². The molecule has 0 spiro atoms. The Morgan fingerprint density at radius 3 is 2.29 bits per heavy atom. The van der Waals surface area contributed by atoms with Crippen LogP contribution in [0.4, 0.5) is 0 Å². The second kappa shape index (κ2) is 6.87. The van der Waals surface area contributed by atoms with Crippen LogP contribution in [0.2, 0.25) is 0 Å². The van der Waals surface area contributed by atoms with Gasteiger partial charge in [0.15, 0.2) is 10.9 Å².